The molecule has 1 saturated carbocycles. The predicted molar refractivity (Wildman–Crippen MR) is 126 cm³/mol. The van der Waals surface area contributed by atoms with E-state index < -0.39 is 0 Å². The number of rotatable bonds is 8. The van der Waals surface area contributed by atoms with E-state index in [1.165, 1.54) is 0 Å². The van der Waals surface area contributed by atoms with Crippen molar-refractivity contribution in [2.75, 3.05) is 33.7 Å². The van der Waals surface area contributed by atoms with Gasteiger partial charge in [0.15, 0.2) is 5.96 Å². The molecule has 0 aliphatic heterocycles. The van der Waals surface area contributed by atoms with Crippen LogP contribution in [0.25, 0.3) is 0 Å². The average molecular weight is 502 g/mol. The first-order valence-corrected chi connectivity index (χ1v) is 9.92. The third-order valence-corrected chi connectivity index (χ3v) is 4.94. The molecule has 6 nitrogen and oxygen atoms in total. The van der Waals surface area contributed by atoms with Crippen LogP contribution in [0.15, 0.2) is 35.3 Å². The second-order valence-electron chi connectivity index (χ2n) is 7.50. The van der Waals surface area contributed by atoms with E-state index in [0.717, 1.165) is 43.9 Å². The molecule has 1 fully saturated rings. The highest BCUT2D eigenvalue weighted by molar-refractivity contribution is 14.0. The lowest BCUT2D eigenvalue weighted by atomic mass is 9.85. The van der Waals surface area contributed by atoms with Gasteiger partial charge in [-0.05, 0) is 38.8 Å². The van der Waals surface area contributed by atoms with Crippen LogP contribution < -0.4 is 15.4 Å². The normalized spacial score (nSPS) is 16.6. The van der Waals surface area contributed by atoms with Gasteiger partial charge in [-0.2, -0.15) is 0 Å². The molecule has 0 heterocycles. The predicted octanol–water partition coefficient (Wildman–Crippen LogP) is 3.28. The molecule has 1 aromatic carbocycles. The van der Waals surface area contributed by atoms with Crippen molar-refractivity contribution in [2.45, 2.75) is 45.6 Å². The fraction of sp³-hybridized carbons (Fsp3) is 0.619. The van der Waals surface area contributed by atoms with Crippen LogP contribution in [0.3, 0.4) is 0 Å². The Labute approximate surface area is 186 Å². The summed E-state index contributed by atoms with van der Waals surface area (Å²) in [5.74, 6) is 1.79. The molecule has 1 atom stereocenters. The minimum absolute atomic E-state index is 0. The summed E-state index contributed by atoms with van der Waals surface area (Å²) in [4.78, 5) is 19.1. The van der Waals surface area contributed by atoms with E-state index in [-0.39, 0.29) is 41.4 Å². The van der Waals surface area contributed by atoms with Gasteiger partial charge in [0.05, 0.1) is 18.5 Å². The van der Waals surface area contributed by atoms with Crippen molar-refractivity contribution in [3.05, 3.63) is 30.3 Å². The molecule has 1 aromatic rings. The van der Waals surface area contributed by atoms with Gasteiger partial charge in [-0.3, -0.25) is 9.79 Å². The van der Waals surface area contributed by atoms with Gasteiger partial charge in [-0.25, -0.2) is 0 Å². The van der Waals surface area contributed by atoms with Gasteiger partial charge in [0.2, 0.25) is 5.91 Å². The van der Waals surface area contributed by atoms with Crippen molar-refractivity contribution < 1.29 is 9.53 Å². The largest absolute Gasteiger partial charge is 0.489 e. The van der Waals surface area contributed by atoms with E-state index in [2.05, 4.69) is 10.6 Å². The van der Waals surface area contributed by atoms with Crippen molar-refractivity contribution in [1.82, 2.24) is 15.5 Å². The molecule has 7 heteroatoms. The minimum Gasteiger partial charge on any atom is -0.489 e. The molecular weight excluding hydrogens is 467 g/mol. The SMILES string of the molecule is CCNC(=NCC1(C(=O)N(C)C)CCCC1)NCC(C)Oc1ccccc1.I. The summed E-state index contributed by atoms with van der Waals surface area (Å²) in [5, 5.41) is 6.61. The number of nitrogens with zero attached hydrogens (tertiary/aromatic N) is 2. The molecule has 1 aliphatic carbocycles. The van der Waals surface area contributed by atoms with Crippen LogP contribution >= 0.6 is 24.0 Å². The highest BCUT2D eigenvalue weighted by atomic mass is 127. The van der Waals surface area contributed by atoms with E-state index in [1.54, 1.807) is 4.90 Å². The van der Waals surface area contributed by atoms with Crippen molar-refractivity contribution >= 4 is 35.8 Å². The second kappa shape index (κ2) is 12.1. The van der Waals surface area contributed by atoms with E-state index >= 15 is 0 Å². The second-order valence-corrected chi connectivity index (χ2v) is 7.50. The molecule has 2 rings (SSSR count). The van der Waals surface area contributed by atoms with Crippen molar-refractivity contribution in [1.29, 1.82) is 0 Å². The highest BCUT2D eigenvalue weighted by Gasteiger charge is 2.42. The molecule has 1 unspecified atom stereocenters. The number of hydrogen-bond acceptors (Lipinski definition) is 3. The maximum absolute atomic E-state index is 12.7. The lowest BCUT2D eigenvalue weighted by Crippen LogP contribution is -2.44. The number of amides is 1. The minimum atomic E-state index is -0.349. The Hall–Kier alpha value is -1.51. The zero-order valence-electron chi connectivity index (χ0n) is 17.5. The molecular formula is C21H35IN4O2. The molecule has 158 valence electrons. The number of ether oxygens (including phenoxy) is 1. The lowest BCUT2D eigenvalue weighted by Gasteiger charge is -2.29. The van der Waals surface area contributed by atoms with Crippen LogP contribution in [-0.4, -0.2) is 56.6 Å². The van der Waals surface area contributed by atoms with Gasteiger partial charge in [-0.15, -0.1) is 24.0 Å². The quantitative estimate of drug-likeness (QED) is 0.326. The number of para-hydroxylation sites is 1. The smallest absolute Gasteiger partial charge is 0.230 e. The van der Waals surface area contributed by atoms with Crippen LogP contribution in [0, 0.1) is 5.41 Å². The van der Waals surface area contributed by atoms with Crippen LogP contribution in [0.1, 0.15) is 39.5 Å². The maximum atomic E-state index is 12.7. The van der Waals surface area contributed by atoms with E-state index in [1.807, 2.05) is 58.3 Å². The van der Waals surface area contributed by atoms with Gasteiger partial charge in [0.1, 0.15) is 11.9 Å². The van der Waals surface area contributed by atoms with Gasteiger partial charge in [0.25, 0.3) is 0 Å². The monoisotopic (exact) mass is 502 g/mol. The Morgan fingerprint density at radius 2 is 1.86 bits per heavy atom. The Balaban J connectivity index is 0.00000392. The number of hydrogen-bond donors (Lipinski definition) is 2. The Kier molecular flexibility index (Phi) is 10.6. The van der Waals surface area contributed by atoms with Gasteiger partial charge in [-0.1, -0.05) is 31.0 Å². The van der Waals surface area contributed by atoms with Crippen LogP contribution in [0.2, 0.25) is 0 Å². The maximum Gasteiger partial charge on any atom is 0.230 e. The molecule has 0 saturated heterocycles. The topological polar surface area (TPSA) is 66.0 Å². The van der Waals surface area contributed by atoms with Crippen LogP contribution in [0.4, 0.5) is 0 Å². The summed E-state index contributed by atoms with van der Waals surface area (Å²) in [6.07, 6.45) is 4.03. The number of benzene rings is 1. The summed E-state index contributed by atoms with van der Waals surface area (Å²) in [7, 11) is 3.66. The lowest BCUT2D eigenvalue weighted by molar-refractivity contribution is -0.138. The number of aliphatic imine (C=N–C) groups is 1. The van der Waals surface area contributed by atoms with Gasteiger partial charge >= 0.3 is 0 Å². The first kappa shape index (κ1) is 24.5. The number of carbonyl (C=O) groups is 1. The number of halogens is 1. The summed E-state index contributed by atoms with van der Waals surface area (Å²) in [6.45, 7) is 5.99. The van der Waals surface area contributed by atoms with E-state index in [0.29, 0.717) is 13.1 Å². The summed E-state index contributed by atoms with van der Waals surface area (Å²) < 4.78 is 5.90. The molecule has 1 aliphatic rings. The number of nitrogens with one attached hydrogen (secondary N) is 2. The molecule has 1 amide bonds. The molecule has 0 spiro atoms. The van der Waals surface area contributed by atoms with E-state index in [9.17, 15) is 4.79 Å². The van der Waals surface area contributed by atoms with Crippen molar-refractivity contribution in [3.8, 4) is 5.75 Å². The summed E-state index contributed by atoms with van der Waals surface area (Å²) in [5.41, 5.74) is -0.349. The fourth-order valence-electron chi connectivity index (χ4n) is 3.55. The number of carbonyl (C=O) groups excluding carboxylic acids is 1. The average Bonchev–Trinajstić information content (AvgIpc) is 3.14. The fourth-order valence-corrected chi connectivity index (χ4v) is 3.55. The molecule has 0 radical (unpaired) electrons. The Morgan fingerprint density at radius 1 is 1.21 bits per heavy atom. The van der Waals surface area contributed by atoms with Crippen LogP contribution in [-0.2, 0) is 4.79 Å². The zero-order valence-corrected chi connectivity index (χ0v) is 19.9. The summed E-state index contributed by atoms with van der Waals surface area (Å²) in [6, 6.07) is 9.80. The standard InChI is InChI=1S/C21H34N4O2.HI/c1-5-22-20(23-15-17(2)27-18-11-7-6-8-12-18)24-16-21(13-9-10-14-21)19(26)25(3)4;/h6-8,11-12,17H,5,9-10,13-16H2,1-4H3,(H2,22,23,24);1H. The molecule has 0 aromatic heterocycles. The molecule has 28 heavy (non-hydrogen) atoms. The van der Waals surface area contributed by atoms with Crippen molar-refractivity contribution in [2.24, 2.45) is 10.4 Å². The Morgan fingerprint density at radius 3 is 2.43 bits per heavy atom. The zero-order chi connectivity index (χ0) is 19.7. The highest BCUT2D eigenvalue weighted by Crippen LogP contribution is 2.39. The first-order valence-electron chi connectivity index (χ1n) is 9.92. The van der Waals surface area contributed by atoms with Gasteiger partial charge in [0, 0.05) is 20.6 Å². The third-order valence-electron chi connectivity index (χ3n) is 4.94. The van der Waals surface area contributed by atoms with Gasteiger partial charge < -0.3 is 20.3 Å². The third kappa shape index (κ3) is 7.14. The van der Waals surface area contributed by atoms with Crippen molar-refractivity contribution in [3.63, 3.8) is 0 Å². The molecule has 0 bridgehead atoms. The first-order chi connectivity index (χ1) is 13.0. The molecule has 2 N–H and O–H groups in total. The number of guanidine groups is 1. The Bertz CT molecular complexity index is 616. The summed E-state index contributed by atoms with van der Waals surface area (Å²) >= 11 is 0. The van der Waals surface area contributed by atoms with Crippen LogP contribution in [0.5, 0.6) is 5.75 Å². The van der Waals surface area contributed by atoms with E-state index in [4.69, 9.17) is 9.73 Å².